The number of carbonyl (C=O) groups is 1. The maximum atomic E-state index is 13.0. The first-order valence-electron chi connectivity index (χ1n) is 6.32. The molecule has 0 aliphatic carbocycles. The molecule has 0 saturated heterocycles. The number of hydrogen-bond donors (Lipinski definition) is 3. The molecule has 1 aromatic carbocycles. The third-order valence-corrected chi connectivity index (χ3v) is 3.19. The molecule has 2 aromatic rings. The number of anilines is 1. The molecule has 2 rings (SSSR count). The summed E-state index contributed by atoms with van der Waals surface area (Å²) in [6.07, 6.45) is 0.634. The summed E-state index contributed by atoms with van der Waals surface area (Å²) in [5, 5.41) is 9.23. The topological polar surface area (TPSA) is 83.8 Å². The predicted octanol–water partition coefficient (Wildman–Crippen LogP) is 1.72. The van der Waals surface area contributed by atoms with Crippen LogP contribution in [0, 0.1) is 19.7 Å². The SMILES string of the molecule is Cc1cc(F)ccc1CCNC(=O)c1c(N)n[nH]c1C. The number of aryl methyl sites for hydroxylation is 2. The van der Waals surface area contributed by atoms with Crippen LogP contribution in [0.4, 0.5) is 10.2 Å². The van der Waals surface area contributed by atoms with Gasteiger partial charge in [-0.2, -0.15) is 5.10 Å². The maximum absolute atomic E-state index is 13.0. The summed E-state index contributed by atoms with van der Waals surface area (Å²) in [6, 6.07) is 4.63. The lowest BCUT2D eigenvalue weighted by atomic mass is 10.1. The standard InChI is InChI=1S/C14H17FN4O/c1-8-7-11(15)4-3-10(8)5-6-17-14(20)12-9(2)18-19-13(12)16/h3-4,7H,5-6H2,1-2H3,(H,17,20)(H3,16,18,19). The van der Waals surface area contributed by atoms with E-state index < -0.39 is 0 Å². The third kappa shape index (κ3) is 2.96. The van der Waals surface area contributed by atoms with Crippen LogP contribution in [-0.4, -0.2) is 22.6 Å². The molecule has 0 atom stereocenters. The van der Waals surface area contributed by atoms with E-state index in [1.54, 1.807) is 13.0 Å². The highest BCUT2D eigenvalue weighted by molar-refractivity contribution is 5.99. The van der Waals surface area contributed by atoms with Crippen LogP contribution in [0.2, 0.25) is 0 Å². The predicted molar refractivity (Wildman–Crippen MR) is 74.9 cm³/mol. The van der Waals surface area contributed by atoms with Crippen molar-refractivity contribution in [2.45, 2.75) is 20.3 Å². The number of halogens is 1. The van der Waals surface area contributed by atoms with E-state index in [2.05, 4.69) is 15.5 Å². The summed E-state index contributed by atoms with van der Waals surface area (Å²) in [5.41, 5.74) is 8.51. The van der Waals surface area contributed by atoms with Gasteiger partial charge in [-0.1, -0.05) is 6.07 Å². The Bertz CT molecular complexity index is 617. The zero-order valence-electron chi connectivity index (χ0n) is 11.5. The van der Waals surface area contributed by atoms with Crippen molar-refractivity contribution in [1.29, 1.82) is 0 Å². The zero-order chi connectivity index (χ0) is 14.7. The van der Waals surface area contributed by atoms with Crippen molar-refractivity contribution in [2.75, 3.05) is 12.3 Å². The average molecular weight is 276 g/mol. The highest BCUT2D eigenvalue weighted by Crippen LogP contribution is 2.12. The number of carbonyl (C=O) groups excluding carboxylic acids is 1. The van der Waals surface area contributed by atoms with Crippen LogP contribution in [0.3, 0.4) is 0 Å². The number of nitrogen functional groups attached to an aromatic ring is 1. The molecule has 4 N–H and O–H groups in total. The molecule has 0 aliphatic rings. The molecule has 1 amide bonds. The monoisotopic (exact) mass is 276 g/mol. The van der Waals surface area contributed by atoms with E-state index in [9.17, 15) is 9.18 Å². The van der Waals surface area contributed by atoms with Gasteiger partial charge in [0.05, 0.1) is 0 Å². The Kier molecular flexibility index (Phi) is 4.02. The van der Waals surface area contributed by atoms with Crippen LogP contribution < -0.4 is 11.1 Å². The van der Waals surface area contributed by atoms with Crippen LogP contribution in [0.25, 0.3) is 0 Å². The number of H-pyrrole nitrogens is 1. The first-order valence-corrected chi connectivity index (χ1v) is 6.32. The fraction of sp³-hybridized carbons (Fsp3) is 0.286. The van der Waals surface area contributed by atoms with E-state index >= 15 is 0 Å². The molecule has 0 bridgehead atoms. The fourth-order valence-electron chi connectivity index (χ4n) is 2.07. The lowest BCUT2D eigenvalue weighted by Crippen LogP contribution is -2.26. The van der Waals surface area contributed by atoms with E-state index in [0.717, 1.165) is 11.1 Å². The minimum atomic E-state index is -0.256. The van der Waals surface area contributed by atoms with Crippen molar-refractivity contribution in [3.8, 4) is 0 Å². The van der Waals surface area contributed by atoms with E-state index in [1.165, 1.54) is 12.1 Å². The van der Waals surface area contributed by atoms with Crippen molar-refractivity contribution < 1.29 is 9.18 Å². The second kappa shape index (κ2) is 5.73. The molecule has 1 aromatic heterocycles. The van der Waals surface area contributed by atoms with Crippen molar-refractivity contribution in [1.82, 2.24) is 15.5 Å². The number of aromatic nitrogens is 2. The second-order valence-corrected chi connectivity index (χ2v) is 4.69. The Hall–Kier alpha value is -2.37. The Morgan fingerprint density at radius 3 is 2.80 bits per heavy atom. The molecule has 0 spiro atoms. The first kappa shape index (κ1) is 14.0. The van der Waals surface area contributed by atoms with Gasteiger partial charge in [0.2, 0.25) is 0 Å². The summed E-state index contributed by atoms with van der Waals surface area (Å²) in [5.74, 6) is -0.316. The first-order chi connectivity index (χ1) is 9.49. The Labute approximate surface area is 116 Å². The molecular weight excluding hydrogens is 259 g/mol. The van der Waals surface area contributed by atoms with Gasteiger partial charge in [-0.15, -0.1) is 0 Å². The second-order valence-electron chi connectivity index (χ2n) is 4.69. The van der Waals surface area contributed by atoms with E-state index in [4.69, 9.17) is 5.73 Å². The number of nitrogens with zero attached hydrogens (tertiary/aromatic N) is 1. The largest absolute Gasteiger partial charge is 0.382 e. The molecule has 6 heteroatoms. The summed E-state index contributed by atoms with van der Waals surface area (Å²) in [6.45, 7) is 4.04. The van der Waals surface area contributed by atoms with Gasteiger partial charge in [0, 0.05) is 12.2 Å². The molecule has 1 heterocycles. The molecule has 5 nitrogen and oxygen atoms in total. The number of nitrogens with two attached hydrogens (primary N) is 1. The Morgan fingerprint density at radius 1 is 1.45 bits per heavy atom. The normalized spacial score (nSPS) is 10.6. The molecule has 0 saturated carbocycles. The minimum Gasteiger partial charge on any atom is -0.382 e. The van der Waals surface area contributed by atoms with Crippen molar-refractivity contribution in [3.05, 3.63) is 46.4 Å². The lowest BCUT2D eigenvalue weighted by molar-refractivity contribution is 0.0954. The van der Waals surface area contributed by atoms with Crippen LogP contribution >= 0.6 is 0 Å². The van der Waals surface area contributed by atoms with Crippen molar-refractivity contribution >= 4 is 11.7 Å². The molecule has 0 fully saturated rings. The molecule has 0 aliphatic heterocycles. The maximum Gasteiger partial charge on any atom is 0.256 e. The minimum absolute atomic E-state index is 0.193. The number of rotatable bonds is 4. The van der Waals surface area contributed by atoms with Crippen molar-refractivity contribution in [2.24, 2.45) is 0 Å². The number of hydrogen-bond acceptors (Lipinski definition) is 3. The average Bonchev–Trinajstić information content (AvgIpc) is 2.71. The summed E-state index contributed by atoms with van der Waals surface area (Å²) >= 11 is 0. The fourth-order valence-corrected chi connectivity index (χ4v) is 2.07. The van der Waals surface area contributed by atoms with Crippen molar-refractivity contribution in [3.63, 3.8) is 0 Å². The van der Waals surface area contributed by atoms with Gasteiger partial charge >= 0.3 is 0 Å². The van der Waals surface area contributed by atoms with Gasteiger partial charge in [-0.3, -0.25) is 9.89 Å². The molecule has 0 radical (unpaired) electrons. The highest BCUT2D eigenvalue weighted by Gasteiger charge is 2.15. The van der Waals surface area contributed by atoms with E-state index in [0.29, 0.717) is 24.2 Å². The summed E-state index contributed by atoms with van der Waals surface area (Å²) in [4.78, 5) is 12.0. The molecule has 20 heavy (non-hydrogen) atoms. The molecular formula is C14H17FN4O. The van der Waals surface area contributed by atoms with Gasteiger partial charge in [0.25, 0.3) is 5.91 Å². The van der Waals surface area contributed by atoms with Gasteiger partial charge < -0.3 is 11.1 Å². The smallest absolute Gasteiger partial charge is 0.256 e. The molecule has 106 valence electrons. The number of nitrogens with one attached hydrogen (secondary N) is 2. The number of benzene rings is 1. The van der Waals surface area contributed by atoms with Crippen LogP contribution in [0.5, 0.6) is 0 Å². The van der Waals surface area contributed by atoms with Gasteiger partial charge in [-0.25, -0.2) is 4.39 Å². The third-order valence-electron chi connectivity index (χ3n) is 3.19. The van der Waals surface area contributed by atoms with Gasteiger partial charge in [0.1, 0.15) is 11.4 Å². The van der Waals surface area contributed by atoms with E-state index in [-0.39, 0.29) is 17.5 Å². The highest BCUT2D eigenvalue weighted by atomic mass is 19.1. The van der Waals surface area contributed by atoms with Gasteiger partial charge in [-0.05, 0) is 43.5 Å². The molecule has 0 unspecified atom stereocenters. The Balaban J connectivity index is 1.95. The summed E-state index contributed by atoms with van der Waals surface area (Å²) in [7, 11) is 0. The van der Waals surface area contributed by atoms with Crippen LogP contribution in [0.1, 0.15) is 27.2 Å². The quantitative estimate of drug-likeness (QED) is 0.795. The Morgan fingerprint density at radius 2 is 2.20 bits per heavy atom. The van der Waals surface area contributed by atoms with E-state index in [1.807, 2.05) is 6.92 Å². The van der Waals surface area contributed by atoms with Crippen LogP contribution in [-0.2, 0) is 6.42 Å². The number of amides is 1. The summed E-state index contributed by atoms with van der Waals surface area (Å²) < 4.78 is 13.0. The number of aromatic amines is 1. The van der Waals surface area contributed by atoms with Crippen LogP contribution in [0.15, 0.2) is 18.2 Å². The van der Waals surface area contributed by atoms with Gasteiger partial charge in [0.15, 0.2) is 5.82 Å². The zero-order valence-corrected chi connectivity index (χ0v) is 11.5. The lowest BCUT2D eigenvalue weighted by Gasteiger charge is -2.08.